The van der Waals surface area contributed by atoms with Crippen LogP contribution in [0, 0.1) is 10.1 Å². The molecular weight excluding hydrogens is 388 g/mol. The highest BCUT2D eigenvalue weighted by Crippen LogP contribution is 2.32. The molecule has 150 valence electrons. The number of nitrogens with zero attached hydrogens (tertiary/aromatic N) is 3. The molecule has 0 bridgehead atoms. The van der Waals surface area contributed by atoms with Crippen molar-refractivity contribution in [2.45, 2.75) is 50.3 Å². The number of non-ortho nitro benzene ring substituents is 1. The standard InChI is InChI=1S/C17H20N4O6S/c1-11(27-12(2)22)20-17-8-4-7-16(15(17)10-18-20)19-28(25,26)14-6-3-5-13(9-14)21(23)24/h3,5-6,9-11,16,19H,4,7-8H2,1-2H3. The smallest absolute Gasteiger partial charge is 0.304 e. The minimum atomic E-state index is -3.97. The molecule has 0 aliphatic heterocycles. The van der Waals surface area contributed by atoms with Crippen LogP contribution in [0.1, 0.15) is 50.2 Å². The second-order valence-electron chi connectivity index (χ2n) is 6.52. The zero-order valence-corrected chi connectivity index (χ0v) is 16.2. The Kier molecular flexibility index (Phi) is 5.47. The van der Waals surface area contributed by atoms with Gasteiger partial charge in [0.05, 0.1) is 22.1 Å². The fourth-order valence-corrected chi connectivity index (χ4v) is 4.61. The van der Waals surface area contributed by atoms with Gasteiger partial charge in [-0.05, 0) is 32.3 Å². The maximum Gasteiger partial charge on any atom is 0.304 e. The van der Waals surface area contributed by atoms with Crippen molar-refractivity contribution in [2.24, 2.45) is 0 Å². The fourth-order valence-electron chi connectivity index (χ4n) is 3.33. The number of esters is 1. The first-order valence-corrected chi connectivity index (χ1v) is 10.2. The Labute approximate surface area is 161 Å². The van der Waals surface area contributed by atoms with Gasteiger partial charge >= 0.3 is 5.97 Å². The van der Waals surface area contributed by atoms with Gasteiger partial charge in [-0.25, -0.2) is 17.8 Å². The van der Waals surface area contributed by atoms with Gasteiger partial charge in [0.25, 0.3) is 5.69 Å². The van der Waals surface area contributed by atoms with Gasteiger partial charge in [0.1, 0.15) is 0 Å². The first-order chi connectivity index (χ1) is 13.2. The van der Waals surface area contributed by atoms with E-state index in [0.717, 1.165) is 11.8 Å². The number of carbonyl (C=O) groups is 1. The van der Waals surface area contributed by atoms with Gasteiger partial charge in [0.15, 0.2) is 6.23 Å². The van der Waals surface area contributed by atoms with E-state index in [0.29, 0.717) is 24.8 Å². The SMILES string of the molecule is CC(=O)OC(C)n1ncc2c1CCCC2NS(=O)(=O)c1cccc([N+](=O)[O-])c1. The van der Waals surface area contributed by atoms with Crippen LogP contribution in [0.5, 0.6) is 0 Å². The summed E-state index contributed by atoms with van der Waals surface area (Å²) in [6.07, 6.45) is 2.92. The lowest BCUT2D eigenvalue weighted by molar-refractivity contribution is -0.385. The summed E-state index contributed by atoms with van der Waals surface area (Å²) in [4.78, 5) is 21.3. The lowest BCUT2D eigenvalue weighted by Gasteiger charge is -2.25. The van der Waals surface area contributed by atoms with Crippen molar-refractivity contribution in [2.75, 3.05) is 0 Å². The number of sulfonamides is 1. The second-order valence-corrected chi connectivity index (χ2v) is 8.23. The monoisotopic (exact) mass is 408 g/mol. The topological polar surface area (TPSA) is 133 Å². The van der Waals surface area contributed by atoms with Gasteiger partial charge < -0.3 is 4.74 Å². The van der Waals surface area contributed by atoms with Crippen molar-refractivity contribution in [1.29, 1.82) is 0 Å². The average molecular weight is 408 g/mol. The number of fused-ring (bicyclic) bond motifs is 1. The zero-order chi connectivity index (χ0) is 20.5. The number of ether oxygens (including phenoxy) is 1. The van der Waals surface area contributed by atoms with Gasteiger partial charge in [-0.3, -0.25) is 14.9 Å². The van der Waals surface area contributed by atoms with E-state index < -0.39 is 33.2 Å². The second kappa shape index (κ2) is 7.68. The third kappa shape index (κ3) is 4.04. The molecule has 1 heterocycles. The number of nitro groups is 1. The van der Waals surface area contributed by atoms with Crippen LogP contribution in [0.2, 0.25) is 0 Å². The molecule has 1 aromatic carbocycles. The number of nitro benzene ring substituents is 1. The molecule has 2 atom stereocenters. The summed E-state index contributed by atoms with van der Waals surface area (Å²) < 4.78 is 34.8. The molecule has 1 N–H and O–H groups in total. The Morgan fingerprint density at radius 3 is 2.89 bits per heavy atom. The van der Waals surface area contributed by atoms with Gasteiger partial charge in [0, 0.05) is 30.3 Å². The van der Waals surface area contributed by atoms with Crippen molar-refractivity contribution in [1.82, 2.24) is 14.5 Å². The average Bonchev–Trinajstić information content (AvgIpc) is 3.06. The Morgan fingerprint density at radius 1 is 1.46 bits per heavy atom. The summed E-state index contributed by atoms with van der Waals surface area (Å²) in [7, 11) is -3.97. The molecule has 0 amide bonds. The summed E-state index contributed by atoms with van der Waals surface area (Å²) in [5.74, 6) is -0.435. The van der Waals surface area contributed by atoms with E-state index in [9.17, 15) is 23.3 Å². The van der Waals surface area contributed by atoms with Crippen LogP contribution in [0.3, 0.4) is 0 Å². The molecular formula is C17H20N4O6S. The predicted octanol–water partition coefficient (Wildman–Crippen LogP) is 2.23. The molecule has 1 aliphatic carbocycles. The van der Waals surface area contributed by atoms with Crippen LogP contribution in [0.15, 0.2) is 35.4 Å². The molecule has 0 saturated carbocycles. The minimum Gasteiger partial charge on any atom is -0.440 e. The maximum atomic E-state index is 12.7. The summed E-state index contributed by atoms with van der Waals surface area (Å²) in [6, 6.07) is 4.38. The van der Waals surface area contributed by atoms with Gasteiger partial charge in [-0.2, -0.15) is 5.10 Å². The van der Waals surface area contributed by atoms with Crippen LogP contribution in [0.4, 0.5) is 5.69 Å². The molecule has 0 radical (unpaired) electrons. The number of carbonyl (C=O) groups excluding carboxylic acids is 1. The number of nitrogens with one attached hydrogen (secondary N) is 1. The Hall–Kier alpha value is -2.79. The van der Waals surface area contributed by atoms with E-state index in [1.54, 1.807) is 17.8 Å². The molecule has 0 spiro atoms. The molecule has 1 aromatic heterocycles. The number of benzene rings is 1. The van der Waals surface area contributed by atoms with E-state index in [4.69, 9.17) is 4.74 Å². The molecule has 0 fully saturated rings. The number of aromatic nitrogens is 2. The van der Waals surface area contributed by atoms with E-state index in [1.807, 2.05) is 0 Å². The summed E-state index contributed by atoms with van der Waals surface area (Å²) in [5.41, 5.74) is 1.21. The van der Waals surface area contributed by atoms with Gasteiger partial charge in [-0.15, -0.1) is 0 Å². The van der Waals surface area contributed by atoms with Crippen LogP contribution < -0.4 is 4.72 Å². The fraction of sp³-hybridized carbons (Fsp3) is 0.412. The van der Waals surface area contributed by atoms with Crippen molar-refractivity contribution in [3.8, 4) is 0 Å². The minimum absolute atomic E-state index is 0.172. The summed E-state index contributed by atoms with van der Waals surface area (Å²) in [5, 5.41) is 15.2. The quantitative estimate of drug-likeness (QED) is 0.440. The van der Waals surface area contributed by atoms with Crippen LogP contribution in [-0.2, 0) is 26.0 Å². The molecule has 1 aliphatic rings. The highest BCUT2D eigenvalue weighted by atomic mass is 32.2. The van der Waals surface area contributed by atoms with Crippen molar-refractivity contribution in [3.05, 3.63) is 51.8 Å². The lowest BCUT2D eigenvalue weighted by atomic mass is 9.94. The maximum absolute atomic E-state index is 12.7. The largest absolute Gasteiger partial charge is 0.440 e. The predicted molar refractivity (Wildman–Crippen MR) is 97.8 cm³/mol. The van der Waals surface area contributed by atoms with Crippen molar-refractivity contribution < 1.29 is 22.9 Å². The molecule has 2 unspecified atom stereocenters. The summed E-state index contributed by atoms with van der Waals surface area (Å²) in [6.45, 7) is 2.99. The number of hydrogen-bond donors (Lipinski definition) is 1. The van der Waals surface area contributed by atoms with Crippen molar-refractivity contribution >= 4 is 21.7 Å². The summed E-state index contributed by atoms with van der Waals surface area (Å²) >= 11 is 0. The van der Waals surface area contributed by atoms with Crippen LogP contribution in [0.25, 0.3) is 0 Å². The highest BCUT2D eigenvalue weighted by molar-refractivity contribution is 7.89. The molecule has 2 aromatic rings. The van der Waals surface area contributed by atoms with E-state index in [1.165, 1.54) is 25.1 Å². The lowest BCUT2D eigenvalue weighted by Crippen LogP contribution is -2.31. The molecule has 10 nitrogen and oxygen atoms in total. The van der Waals surface area contributed by atoms with Gasteiger partial charge in [-0.1, -0.05) is 6.07 Å². The third-order valence-electron chi connectivity index (χ3n) is 4.53. The molecule has 28 heavy (non-hydrogen) atoms. The highest BCUT2D eigenvalue weighted by Gasteiger charge is 2.30. The zero-order valence-electron chi connectivity index (χ0n) is 15.4. The van der Waals surface area contributed by atoms with E-state index in [2.05, 4.69) is 9.82 Å². The Bertz CT molecular complexity index is 1020. The first-order valence-electron chi connectivity index (χ1n) is 8.69. The van der Waals surface area contributed by atoms with Gasteiger partial charge in [0.2, 0.25) is 10.0 Å². The molecule has 11 heteroatoms. The molecule has 0 saturated heterocycles. The number of hydrogen-bond acceptors (Lipinski definition) is 7. The number of rotatable bonds is 6. The Balaban J connectivity index is 1.87. The van der Waals surface area contributed by atoms with Crippen molar-refractivity contribution in [3.63, 3.8) is 0 Å². The van der Waals surface area contributed by atoms with E-state index in [-0.39, 0.29) is 10.6 Å². The normalized spacial score (nSPS) is 17.6. The molecule has 3 rings (SSSR count). The first kappa shape index (κ1) is 20.0. The van der Waals surface area contributed by atoms with Crippen LogP contribution in [-0.4, -0.2) is 29.1 Å². The van der Waals surface area contributed by atoms with E-state index >= 15 is 0 Å². The van der Waals surface area contributed by atoms with Crippen LogP contribution >= 0.6 is 0 Å². The third-order valence-corrected chi connectivity index (χ3v) is 6.00. The Morgan fingerprint density at radius 2 is 2.21 bits per heavy atom.